The Hall–Kier alpha value is -1.80. The molecule has 4 aliphatic rings. The lowest BCUT2D eigenvalue weighted by atomic mass is 9.78. The van der Waals surface area contributed by atoms with Gasteiger partial charge in [0, 0.05) is 17.8 Å². The van der Waals surface area contributed by atoms with Crippen molar-refractivity contribution in [3.8, 4) is 0 Å². The molecule has 33 heavy (non-hydrogen) atoms. The smallest absolute Gasteiger partial charge is 0.311 e. The molecule has 0 saturated carbocycles. The van der Waals surface area contributed by atoms with E-state index in [-0.39, 0.29) is 41.6 Å². The molecule has 1 unspecified atom stereocenters. The summed E-state index contributed by atoms with van der Waals surface area (Å²) < 4.78 is 4.72. The first-order valence-electron chi connectivity index (χ1n) is 12.1. The van der Waals surface area contributed by atoms with E-state index in [0.717, 1.165) is 12.8 Å². The molecule has 1 N–H and O–H groups in total. The van der Waals surface area contributed by atoms with Gasteiger partial charge >= 0.3 is 5.97 Å². The minimum Gasteiger partial charge on any atom is -0.465 e. The summed E-state index contributed by atoms with van der Waals surface area (Å²) in [7, 11) is 0. The predicted octanol–water partition coefficient (Wildman–Crippen LogP) is 2.39. The fourth-order valence-corrected chi connectivity index (χ4v) is 7.88. The molecule has 8 heteroatoms. The summed E-state index contributed by atoms with van der Waals surface area (Å²) in [5.41, 5.74) is 0. The van der Waals surface area contributed by atoms with E-state index in [1.807, 2.05) is 45.9 Å². The number of nitrogens with zero attached hydrogens (tertiary/aromatic N) is 2. The lowest BCUT2D eigenvalue weighted by Crippen LogP contribution is -2.57. The number of thioether (sulfide) groups is 1. The summed E-state index contributed by atoms with van der Waals surface area (Å²) >= 11 is 1.55. The molecule has 0 bridgehead atoms. The maximum absolute atomic E-state index is 14.1. The van der Waals surface area contributed by atoms with Gasteiger partial charge in [-0.2, -0.15) is 0 Å². The molecule has 0 aliphatic carbocycles. The van der Waals surface area contributed by atoms with Crippen molar-refractivity contribution in [2.75, 3.05) is 19.8 Å². The number of hydrogen-bond donors (Lipinski definition) is 1. The maximum Gasteiger partial charge on any atom is 0.311 e. The number of aliphatic hydroxyl groups excluding tert-OH is 1. The second-order valence-electron chi connectivity index (χ2n) is 10.3. The van der Waals surface area contributed by atoms with Crippen LogP contribution in [0.1, 0.15) is 47.0 Å². The van der Waals surface area contributed by atoms with Crippen molar-refractivity contribution in [1.82, 2.24) is 9.80 Å². The summed E-state index contributed by atoms with van der Waals surface area (Å²) in [6.07, 6.45) is 10.2. The monoisotopic (exact) mass is 476 g/mol. The number of aliphatic hydroxyl groups is 1. The summed E-state index contributed by atoms with van der Waals surface area (Å²) in [4.78, 5) is 44.8. The molecule has 0 aromatic heterocycles. The molecule has 4 rings (SSSR count). The third-order valence-electron chi connectivity index (χ3n) is 7.29. The Labute approximate surface area is 200 Å². The third kappa shape index (κ3) is 4.03. The highest BCUT2D eigenvalue weighted by molar-refractivity contribution is 8.02. The van der Waals surface area contributed by atoms with Gasteiger partial charge < -0.3 is 19.6 Å². The maximum atomic E-state index is 14.1. The molecule has 4 aliphatic heterocycles. The lowest BCUT2D eigenvalue weighted by molar-refractivity contribution is -0.153. The number of carbonyl (C=O) groups is 3. The molecule has 7 nitrogen and oxygen atoms in total. The topological polar surface area (TPSA) is 87.2 Å². The van der Waals surface area contributed by atoms with E-state index in [9.17, 15) is 19.5 Å². The van der Waals surface area contributed by atoms with Crippen LogP contribution in [-0.4, -0.2) is 80.6 Å². The van der Waals surface area contributed by atoms with E-state index in [2.05, 4.69) is 6.08 Å². The Morgan fingerprint density at radius 2 is 1.94 bits per heavy atom. The summed E-state index contributed by atoms with van der Waals surface area (Å²) in [5.74, 6) is -1.78. The number of ether oxygens (including phenoxy) is 1. The first kappa shape index (κ1) is 24.3. The highest BCUT2D eigenvalue weighted by Gasteiger charge is 2.71. The summed E-state index contributed by atoms with van der Waals surface area (Å²) in [5, 5.41) is 10.1. The number of esters is 1. The minimum absolute atomic E-state index is 0.0283. The van der Waals surface area contributed by atoms with Crippen LogP contribution in [0.15, 0.2) is 24.3 Å². The second kappa shape index (κ2) is 9.45. The van der Waals surface area contributed by atoms with Gasteiger partial charge in [-0.15, -0.1) is 11.8 Å². The highest BCUT2D eigenvalue weighted by Crippen LogP contribution is 2.61. The zero-order valence-corrected chi connectivity index (χ0v) is 20.8. The minimum atomic E-state index is -0.861. The van der Waals surface area contributed by atoms with Crippen LogP contribution < -0.4 is 0 Å². The third-order valence-corrected chi connectivity index (χ3v) is 9.04. The Kier molecular flexibility index (Phi) is 6.97. The number of carbonyl (C=O) groups excluding carboxylic acids is 3. The van der Waals surface area contributed by atoms with Crippen LogP contribution in [0.25, 0.3) is 0 Å². The van der Waals surface area contributed by atoms with Crippen LogP contribution in [-0.2, 0) is 19.1 Å². The molecule has 6 atom stereocenters. The lowest BCUT2D eigenvalue weighted by Gasteiger charge is -2.39. The predicted molar refractivity (Wildman–Crippen MR) is 127 cm³/mol. The SMILES string of the molecule is CC(C)C[C@H](CO)N1C(=O)[C@@H]2[C@@H]3C(=O)OCCC/C=C\[C@@H]3S[C@@]23C=CCN(C(C)C)C(=O)C13. The number of likely N-dealkylation sites (tertiary alicyclic amines) is 1. The van der Waals surface area contributed by atoms with Crippen molar-refractivity contribution in [3.63, 3.8) is 0 Å². The van der Waals surface area contributed by atoms with E-state index >= 15 is 0 Å². The number of cyclic esters (lactones) is 1. The Bertz CT molecular complexity index is 856. The first-order chi connectivity index (χ1) is 15.7. The first-order valence-corrected chi connectivity index (χ1v) is 13.0. The molecule has 1 spiro atoms. The summed E-state index contributed by atoms with van der Waals surface area (Å²) in [6, 6.07) is -1.26. The fraction of sp³-hybridized carbons (Fsp3) is 0.720. The number of hydrogen-bond acceptors (Lipinski definition) is 6. The van der Waals surface area contributed by atoms with Gasteiger partial charge in [0.2, 0.25) is 11.8 Å². The fourth-order valence-electron chi connectivity index (χ4n) is 5.89. The zero-order chi connectivity index (χ0) is 23.9. The van der Waals surface area contributed by atoms with Gasteiger partial charge in [0.25, 0.3) is 0 Å². The molecule has 0 radical (unpaired) electrons. The number of amides is 2. The van der Waals surface area contributed by atoms with E-state index in [1.165, 1.54) is 0 Å². The molecule has 0 aromatic carbocycles. The average molecular weight is 477 g/mol. The van der Waals surface area contributed by atoms with Gasteiger partial charge in [-0.05, 0) is 39.0 Å². The largest absolute Gasteiger partial charge is 0.465 e. The van der Waals surface area contributed by atoms with Gasteiger partial charge in [0.05, 0.1) is 35.8 Å². The Balaban J connectivity index is 1.86. The van der Waals surface area contributed by atoms with E-state index in [1.54, 1.807) is 21.6 Å². The van der Waals surface area contributed by atoms with Crippen LogP contribution in [0.2, 0.25) is 0 Å². The van der Waals surface area contributed by atoms with Crippen molar-refractivity contribution >= 4 is 29.5 Å². The molecular weight excluding hydrogens is 440 g/mol. The quantitative estimate of drug-likeness (QED) is 0.484. The Morgan fingerprint density at radius 1 is 1.18 bits per heavy atom. The van der Waals surface area contributed by atoms with Crippen molar-refractivity contribution in [1.29, 1.82) is 0 Å². The van der Waals surface area contributed by atoms with Crippen molar-refractivity contribution in [3.05, 3.63) is 24.3 Å². The van der Waals surface area contributed by atoms with Gasteiger partial charge in [-0.25, -0.2) is 0 Å². The van der Waals surface area contributed by atoms with E-state index in [0.29, 0.717) is 19.6 Å². The molecular formula is C25H36N2O5S. The van der Waals surface area contributed by atoms with Crippen LogP contribution in [0, 0.1) is 17.8 Å². The number of rotatable bonds is 5. The number of fused-ring (bicyclic) bond motifs is 2. The van der Waals surface area contributed by atoms with Crippen LogP contribution >= 0.6 is 11.8 Å². The zero-order valence-electron chi connectivity index (χ0n) is 20.0. The van der Waals surface area contributed by atoms with Gasteiger partial charge in [-0.1, -0.05) is 38.2 Å². The normalized spacial score (nSPS) is 36.0. The summed E-state index contributed by atoms with van der Waals surface area (Å²) in [6.45, 7) is 8.61. The molecule has 2 saturated heterocycles. The number of allylic oxidation sites excluding steroid dienone is 1. The van der Waals surface area contributed by atoms with Crippen molar-refractivity contribution < 1.29 is 24.2 Å². The van der Waals surface area contributed by atoms with Crippen LogP contribution in [0.4, 0.5) is 0 Å². The van der Waals surface area contributed by atoms with E-state index < -0.39 is 28.7 Å². The van der Waals surface area contributed by atoms with Crippen molar-refractivity contribution in [2.24, 2.45) is 17.8 Å². The van der Waals surface area contributed by atoms with Gasteiger partial charge in [0.1, 0.15) is 6.04 Å². The molecule has 0 aromatic rings. The molecule has 4 heterocycles. The molecule has 2 amide bonds. The van der Waals surface area contributed by atoms with Crippen LogP contribution in [0.3, 0.4) is 0 Å². The standard InChI is InChI=1S/C25H36N2O5S/c1-15(2)13-17(14-28)27-21-23(30)26(16(3)4)11-8-10-25(21)20(22(27)29)19-18(33-25)9-6-5-7-12-32-24(19)31/h6,8-10,15-21,28H,5,7,11-14H2,1-4H3/b9-6-/t17-,18+,19-,20+,21?,25+/m1/s1. The molecule has 182 valence electrons. The average Bonchev–Trinajstić information content (AvgIpc) is 3.16. The second-order valence-corrected chi connectivity index (χ2v) is 11.8. The van der Waals surface area contributed by atoms with Gasteiger partial charge in [-0.3, -0.25) is 14.4 Å². The Morgan fingerprint density at radius 3 is 2.61 bits per heavy atom. The highest BCUT2D eigenvalue weighted by atomic mass is 32.2. The van der Waals surface area contributed by atoms with Crippen LogP contribution in [0.5, 0.6) is 0 Å². The van der Waals surface area contributed by atoms with Gasteiger partial charge in [0.15, 0.2) is 0 Å². The van der Waals surface area contributed by atoms with Crippen molar-refractivity contribution in [2.45, 2.75) is 75.1 Å². The molecule has 2 fully saturated rings. The van der Waals surface area contributed by atoms with E-state index in [4.69, 9.17) is 4.74 Å².